The molecule has 5 heteroatoms. The fourth-order valence-corrected chi connectivity index (χ4v) is 4.16. The Labute approximate surface area is 183 Å². The molecule has 0 bridgehead atoms. The van der Waals surface area contributed by atoms with Crippen LogP contribution in [0.1, 0.15) is 45.4 Å². The van der Waals surface area contributed by atoms with Crippen molar-refractivity contribution in [2.24, 2.45) is 0 Å². The molecule has 4 nitrogen and oxygen atoms in total. The second-order valence-electron chi connectivity index (χ2n) is 7.36. The zero-order valence-electron chi connectivity index (χ0n) is 17.7. The van der Waals surface area contributed by atoms with Gasteiger partial charge in [0.25, 0.3) is 0 Å². The van der Waals surface area contributed by atoms with E-state index < -0.39 is 0 Å². The Morgan fingerprint density at radius 2 is 1.63 bits per heavy atom. The van der Waals surface area contributed by atoms with Crippen molar-refractivity contribution in [2.75, 3.05) is 12.3 Å². The third kappa shape index (κ3) is 6.77. The van der Waals surface area contributed by atoms with Crippen LogP contribution >= 0.6 is 11.8 Å². The van der Waals surface area contributed by atoms with Crippen LogP contribution in [0.5, 0.6) is 0 Å². The van der Waals surface area contributed by atoms with Gasteiger partial charge < -0.3 is 10.3 Å². The number of benzene rings is 2. The van der Waals surface area contributed by atoms with E-state index >= 15 is 0 Å². The lowest BCUT2D eigenvalue weighted by Crippen LogP contribution is -2.24. The van der Waals surface area contributed by atoms with Gasteiger partial charge in [0.1, 0.15) is 0 Å². The van der Waals surface area contributed by atoms with E-state index in [4.69, 9.17) is 4.98 Å². The second-order valence-corrected chi connectivity index (χ2v) is 8.44. The minimum atomic E-state index is 0.183. The average Bonchev–Trinajstić information content (AvgIpc) is 3.22. The van der Waals surface area contributed by atoms with Crippen molar-refractivity contribution in [3.8, 4) is 22.5 Å². The zero-order valence-corrected chi connectivity index (χ0v) is 18.5. The Morgan fingerprint density at radius 1 is 0.933 bits per heavy atom. The number of hydrogen-bond donors (Lipinski definition) is 2. The molecule has 2 N–H and O–H groups in total. The third-order valence-corrected chi connectivity index (χ3v) is 5.89. The molecule has 3 rings (SSSR count). The minimum Gasteiger partial charge on any atom is -0.356 e. The number of H-pyrrole nitrogens is 1. The normalized spacial score (nSPS) is 10.8. The highest BCUT2D eigenvalue weighted by atomic mass is 32.2. The van der Waals surface area contributed by atoms with E-state index in [2.05, 4.69) is 41.5 Å². The van der Waals surface area contributed by atoms with Crippen LogP contribution in [0, 0.1) is 0 Å². The van der Waals surface area contributed by atoms with Crippen LogP contribution in [0.3, 0.4) is 0 Å². The molecule has 0 radical (unpaired) electrons. The molecule has 1 aromatic heterocycles. The van der Waals surface area contributed by atoms with Crippen molar-refractivity contribution in [2.45, 2.75) is 50.6 Å². The molecule has 1 amide bonds. The van der Waals surface area contributed by atoms with Gasteiger partial charge in [-0.25, -0.2) is 4.98 Å². The molecular weight excluding hydrogens is 390 g/mol. The molecular formula is C25H31N3OS. The van der Waals surface area contributed by atoms with Crippen molar-refractivity contribution >= 4 is 17.7 Å². The molecule has 0 unspecified atom stereocenters. The fourth-order valence-electron chi connectivity index (χ4n) is 3.29. The third-order valence-electron chi connectivity index (χ3n) is 4.93. The van der Waals surface area contributed by atoms with Gasteiger partial charge in [-0.15, -0.1) is 0 Å². The number of amides is 1. The summed E-state index contributed by atoms with van der Waals surface area (Å²) < 4.78 is 0. The molecule has 3 aromatic rings. The van der Waals surface area contributed by atoms with Crippen molar-refractivity contribution in [1.82, 2.24) is 15.3 Å². The standard InChI is InChI=1S/C25H31N3OS/c1-2-3-6-17-22(29)26-18-11-12-19-30-25-27-23(20-13-7-4-8-14-20)24(28-25)21-15-9-5-10-16-21/h4-5,7-10,13-16H,2-3,6,11-12,17-19H2,1H3,(H,26,29)(H,27,28). The predicted octanol–water partition coefficient (Wildman–Crippen LogP) is 6.31. The Hall–Kier alpha value is -2.53. The summed E-state index contributed by atoms with van der Waals surface area (Å²) in [5.74, 6) is 1.16. The number of nitrogens with zero attached hydrogens (tertiary/aromatic N) is 1. The fraction of sp³-hybridized carbons (Fsp3) is 0.360. The summed E-state index contributed by atoms with van der Waals surface area (Å²) in [4.78, 5) is 20.1. The SMILES string of the molecule is CCCCCC(=O)NCCCCSc1nc(-c2ccccc2)c(-c2ccccc2)[nH]1. The predicted molar refractivity (Wildman–Crippen MR) is 127 cm³/mol. The van der Waals surface area contributed by atoms with E-state index in [0.717, 1.165) is 72.1 Å². The van der Waals surface area contributed by atoms with Crippen LogP contribution in [0.2, 0.25) is 0 Å². The average molecular weight is 422 g/mol. The quantitative estimate of drug-likeness (QED) is 0.266. The molecule has 30 heavy (non-hydrogen) atoms. The van der Waals surface area contributed by atoms with Crippen LogP contribution in [0.25, 0.3) is 22.5 Å². The first-order valence-electron chi connectivity index (χ1n) is 10.9. The van der Waals surface area contributed by atoms with Gasteiger partial charge in [0.2, 0.25) is 5.91 Å². The molecule has 0 fully saturated rings. The Balaban J connectivity index is 1.52. The number of unbranched alkanes of at least 4 members (excludes halogenated alkanes) is 3. The number of carbonyl (C=O) groups excluding carboxylic acids is 1. The molecule has 0 atom stereocenters. The summed E-state index contributed by atoms with van der Waals surface area (Å²) in [6, 6.07) is 20.7. The lowest BCUT2D eigenvalue weighted by atomic mass is 10.1. The van der Waals surface area contributed by atoms with Gasteiger partial charge in [0.15, 0.2) is 5.16 Å². The number of aromatic amines is 1. The van der Waals surface area contributed by atoms with Gasteiger partial charge in [-0.05, 0) is 19.3 Å². The second kappa shape index (κ2) is 12.2. The van der Waals surface area contributed by atoms with E-state index in [1.807, 2.05) is 36.4 Å². The summed E-state index contributed by atoms with van der Waals surface area (Å²) in [7, 11) is 0. The van der Waals surface area contributed by atoms with Crippen LogP contribution < -0.4 is 5.32 Å². The smallest absolute Gasteiger partial charge is 0.219 e. The zero-order chi connectivity index (χ0) is 21.0. The molecule has 0 saturated heterocycles. The van der Waals surface area contributed by atoms with Crippen LogP contribution in [0.4, 0.5) is 0 Å². The van der Waals surface area contributed by atoms with Crippen LogP contribution in [-0.2, 0) is 4.79 Å². The van der Waals surface area contributed by atoms with Crippen molar-refractivity contribution < 1.29 is 4.79 Å². The van der Waals surface area contributed by atoms with Gasteiger partial charge in [-0.2, -0.15) is 0 Å². The van der Waals surface area contributed by atoms with E-state index in [1.54, 1.807) is 11.8 Å². The van der Waals surface area contributed by atoms with Gasteiger partial charge >= 0.3 is 0 Å². The largest absolute Gasteiger partial charge is 0.356 e. The number of nitrogens with one attached hydrogen (secondary N) is 2. The minimum absolute atomic E-state index is 0.183. The summed E-state index contributed by atoms with van der Waals surface area (Å²) in [6.07, 6.45) is 5.95. The van der Waals surface area contributed by atoms with Crippen molar-refractivity contribution in [3.05, 3.63) is 60.7 Å². The van der Waals surface area contributed by atoms with E-state index in [1.165, 1.54) is 0 Å². The van der Waals surface area contributed by atoms with Crippen LogP contribution in [0.15, 0.2) is 65.8 Å². The highest BCUT2D eigenvalue weighted by molar-refractivity contribution is 7.99. The highest BCUT2D eigenvalue weighted by Crippen LogP contribution is 2.32. The number of carbonyl (C=O) groups is 1. The maximum atomic E-state index is 11.8. The monoisotopic (exact) mass is 421 g/mol. The molecule has 0 aliphatic heterocycles. The number of rotatable bonds is 12. The van der Waals surface area contributed by atoms with Gasteiger partial charge in [0, 0.05) is 29.8 Å². The topological polar surface area (TPSA) is 57.8 Å². The summed E-state index contributed by atoms with van der Waals surface area (Å²) in [6.45, 7) is 2.91. The molecule has 0 aliphatic rings. The van der Waals surface area contributed by atoms with Gasteiger partial charge in [-0.3, -0.25) is 4.79 Å². The van der Waals surface area contributed by atoms with Gasteiger partial charge in [0.05, 0.1) is 11.4 Å². The summed E-state index contributed by atoms with van der Waals surface area (Å²) in [5, 5.41) is 3.97. The first-order chi connectivity index (χ1) is 14.8. The van der Waals surface area contributed by atoms with Gasteiger partial charge in [-0.1, -0.05) is 92.2 Å². The Bertz CT molecular complexity index is 836. The van der Waals surface area contributed by atoms with Crippen molar-refractivity contribution in [3.63, 3.8) is 0 Å². The number of thioether (sulfide) groups is 1. The summed E-state index contributed by atoms with van der Waals surface area (Å²) >= 11 is 1.74. The Kier molecular flexibility index (Phi) is 9.04. The van der Waals surface area contributed by atoms with E-state index in [-0.39, 0.29) is 5.91 Å². The van der Waals surface area contributed by atoms with Crippen molar-refractivity contribution in [1.29, 1.82) is 0 Å². The van der Waals surface area contributed by atoms with E-state index in [0.29, 0.717) is 6.42 Å². The molecule has 0 aliphatic carbocycles. The molecule has 0 spiro atoms. The molecule has 2 aromatic carbocycles. The first kappa shape index (κ1) is 22.2. The lowest BCUT2D eigenvalue weighted by molar-refractivity contribution is -0.121. The maximum Gasteiger partial charge on any atom is 0.219 e. The Morgan fingerprint density at radius 3 is 2.33 bits per heavy atom. The first-order valence-corrected chi connectivity index (χ1v) is 11.9. The molecule has 0 saturated carbocycles. The number of hydrogen-bond acceptors (Lipinski definition) is 3. The number of imidazole rings is 1. The highest BCUT2D eigenvalue weighted by Gasteiger charge is 2.14. The summed E-state index contributed by atoms with van der Waals surface area (Å²) in [5.41, 5.74) is 4.30. The molecule has 1 heterocycles. The number of aromatic nitrogens is 2. The lowest BCUT2D eigenvalue weighted by Gasteiger charge is -2.04. The molecule has 158 valence electrons. The maximum absolute atomic E-state index is 11.8. The van der Waals surface area contributed by atoms with E-state index in [9.17, 15) is 4.79 Å². The van der Waals surface area contributed by atoms with Crippen LogP contribution in [-0.4, -0.2) is 28.2 Å².